The normalized spacial score (nSPS) is 26.2. The Bertz CT molecular complexity index is 1060. The number of hydrogen-bond acceptors (Lipinski definition) is 5. The second kappa shape index (κ2) is 5.73. The van der Waals surface area contributed by atoms with Crippen molar-refractivity contribution in [2.24, 2.45) is 11.8 Å². The molecule has 7 rings (SSSR count). The molecule has 1 fully saturated rings. The van der Waals surface area contributed by atoms with E-state index in [0.29, 0.717) is 5.88 Å². The number of methoxy groups -OCH3 is 1. The zero-order valence-electron chi connectivity index (χ0n) is 15.6. The van der Waals surface area contributed by atoms with E-state index in [0.717, 1.165) is 22.3 Å². The van der Waals surface area contributed by atoms with Gasteiger partial charge in [-0.25, -0.2) is 4.90 Å². The van der Waals surface area contributed by atoms with Crippen LogP contribution < -0.4 is 9.64 Å². The minimum Gasteiger partial charge on any atom is -0.480 e. The van der Waals surface area contributed by atoms with E-state index in [2.05, 4.69) is 34.5 Å². The van der Waals surface area contributed by atoms with Crippen LogP contribution in [0.5, 0.6) is 5.88 Å². The van der Waals surface area contributed by atoms with Crippen LogP contribution in [0.2, 0.25) is 0 Å². The Balaban J connectivity index is 1.53. The summed E-state index contributed by atoms with van der Waals surface area (Å²) in [6.07, 6.45) is 0. The second-order valence-electron chi connectivity index (χ2n) is 7.71. The fourth-order valence-electron chi connectivity index (χ4n) is 5.44. The van der Waals surface area contributed by atoms with Gasteiger partial charge < -0.3 is 4.74 Å². The molecule has 4 aliphatic rings. The molecule has 2 amide bonds. The zero-order chi connectivity index (χ0) is 19.7. The molecule has 0 saturated carbocycles. The molecule has 0 N–H and O–H groups in total. The van der Waals surface area contributed by atoms with Gasteiger partial charge in [-0.3, -0.25) is 9.59 Å². The standard InChI is InChI=1S/C23H17N3O3/c1-29-17-11-10-16(24-25-17)26-22(27)20-18-12-6-2-3-7-13(12)19(21(20)23(26)28)15-9-5-4-8-14(15)18/h2-11,18-21H,1H3/t18?,19?,20-,21+. The summed E-state index contributed by atoms with van der Waals surface area (Å²) < 4.78 is 5.05. The molecule has 1 aliphatic heterocycles. The number of hydrogen-bond donors (Lipinski definition) is 0. The molecule has 3 aromatic rings. The van der Waals surface area contributed by atoms with Gasteiger partial charge in [-0.1, -0.05) is 48.5 Å². The van der Waals surface area contributed by atoms with Gasteiger partial charge in [-0.15, -0.1) is 10.2 Å². The zero-order valence-corrected chi connectivity index (χ0v) is 15.6. The van der Waals surface area contributed by atoms with Crippen LogP contribution >= 0.6 is 0 Å². The van der Waals surface area contributed by atoms with Crippen molar-refractivity contribution >= 4 is 17.6 Å². The van der Waals surface area contributed by atoms with Crippen molar-refractivity contribution in [3.8, 4) is 5.88 Å². The summed E-state index contributed by atoms with van der Waals surface area (Å²) in [7, 11) is 1.50. The first-order valence-electron chi connectivity index (χ1n) is 9.64. The third-order valence-electron chi connectivity index (χ3n) is 6.51. The Labute approximate surface area is 167 Å². The summed E-state index contributed by atoms with van der Waals surface area (Å²) in [4.78, 5) is 28.3. The number of benzene rings is 2. The summed E-state index contributed by atoms with van der Waals surface area (Å²) in [6.45, 7) is 0. The third-order valence-corrected chi connectivity index (χ3v) is 6.51. The Morgan fingerprint density at radius 2 is 1.21 bits per heavy atom. The van der Waals surface area contributed by atoms with Gasteiger partial charge in [0.2, 0.25) is 17.7 Å². The first-order valence-corrected chi connectivity index (χ1v) is 9.64. The van der Waals surface area contributed by atoms with Crippen LogP contribution in [0.4, 0.5) is 5.82 Å². The topological polar surface area (TPSA) is 72.4 Å². The SMILES string of the molecule is COc1ccc(N2C(=O)[C@@H]3C4c5ccccc5C(c5ccccc54)[C@@H]3C2=O)nn1. The van der Waals surface area contributed by atoms with Crippen LogP contribution in [0, 0.1) is 11.8 Å². The van der Waals surface area contributed by atoms with E-state index < -0.39 is 11.8 Å². The van der Waals surface area contributed by atoms with Crippen molar-refractivity contribution in [3.63, 3.8) is 0 Å². The van der Waals surface area contributed by atoms with Gasteiger partial charge in [-0.2, -0.15) is 0 Å². The lowest BCUT2D eigenvalue weighted by Gasteiger charge is -2.45. The van der Waals surface area contributed by atoms with Gasteiger partial charge in [0.05, 0.1) is 18.9 Å². The van der Waals surface area contributed by atoms with Crippen molar-refractivity contribution in [2.75, 3.05) is 12.0 Å². The van der Waals surface area contributed by atoms with Gasteiger partial charge in [0.1, 0.15) is 0 Å². The molecule has 142 valence electrons. The average Bonchev–Trinajstić information content (AvgIpc) is 3.04. The third kappa shape index (κ3) is 2.00. The van der Waals surface area contributed by atoms with Crippen molar-refractivity contribution in [1.29, 1.82) is 0 Å². The van der Waals surface area contributed by atoms with Gasteiger partial charge in [0.15, 0.2) is 5.82 Å². The van der Waals surface area contributed by atoms with Gasteiger partial charge in [0, 0.05) is 17.9 Å². The maximum absolute atomic E-state index is 13.5. The van der Waals surface area contributed by atoms with Gasteiger partial charge in [0.25, 0.3) is 0 Å². The number of rotatable bonds is 2. The number of nitrogens with zero attached hydrogens (tertiary/aromatic N) is 3. The van der Waals surface area contributed by atoms with Crippen LogP contribution in [0.1, 0.15) is 34.1 Å². The second-order valence-corrected chi connectivity index (χ2v) is 7.71. The number of ether oxygens (including phenoxy) is 1. The highest BCUT2D eigenvalue weighted by Crippen LogP contribution is 2.61. The lowest BCUT2D eigenvalue weighted by molar-refractivity contribution is -0.122. The molecule has 0 unspecified atom stereocenters. The Morgan fingerprint density at radius 1 is 0.724 bits per heavy atom. The molecule has 0 spiro atoms. The van der Waals surface area contributed by atoms with E-state index in [9.17, 15) is 9.59 Å². The molecule has 6 nitrogen and oxygen atoms in total. The van der Waals surface area contributed by atoms with E-state index in [1.54, 1.807) is 12.1 Å². The Kier molecular flexibility index (Phi) is 3.25. The van der Waals surface area contributed by atoms with Crippen molar-refractivity contribution in [3.05, 3.63) is 82.9 Å². The number of anilines is 1. The molecule has 1 saturated heterocycles. The monoisotopic (exact) mass is 383 g/mol. The minimum atomic E-state index is -0.416. The number of amides is 2. The quantitative estimate of drug-likeness (QED) is 0.637. The van der Waals surface area contributed by atoms with E-state index >= 15 is 0 Å². The lowest BCUT2D eigenvalue weighted by atomic mass is 9.55. The number of carbonyl (C=O) groups excluding carboxylic acids is 2. The molecule has 3 aliphatic carbocycles. The highest BCUT2D eigenvalue weighted by Gasteiger charge is 2.62. The summed E-state index contributed by atoms with van der Waals surface area (Å²) in [5.41, 5.74) is 4.62. The van der Waals surface area contributed by atoms with E-state index in [4.69, 9.17) is 4.74 Å². The molecule has 0 radical (unpaired) electrons. The summed E-state index contributed by atoms with van der Waals surface area (Å²) in [6, 6.07) is 19.6. The molecule has 29 heavy (non-hydrogen) atoms. The number of aromatic nitrogens is 2. The number of imide groups is 1. The molecular formula is C23H17N3O3. The number of carbonyl (C=O) groups is 2. The predicted molar refractivity (Wildman–Crippen MR) is 105 cm³/mol. The first-order chi connectivity index (χ1) is 14.2. The Hall–Kier alpha value is -3.54. The molecule has 2 heterocycles. The van der Waals surface area contributed by atoms with Crippen LogP contribution in [0.3, 0.4) is 0 Å². The maximum Gasteiger partial charge on any atom is 0.239 e. The predicted octanol–water partition coefficient (Wildman–Crippen LogP) is 2.88. The van der Waals surface area contributed by atoms with Crippen molar-refractivity contribution < 1.29 is 14.3 Å². The highest BCUT2D eigenvalue weighted by atomic mass is 16.5. The van der Waals surface area contributed by atoms with Crippen molar-refractivity contribution in [1.82, 2.24) is 10.2 Å². The van der Waals surface area contributed by atoms with Crippen molar-refractivity contribution in [2.45, 2.75) is 11.8 Å². The lowest BCUT2D eigenvalue weighted by Crippen LogP contribution is -2.41. The molecule has 2 aromatic carbocycles. The van der Waals surface area contributed by atoms with E-state index in [1.165, 1.54) is 12.0 Å². The fraction of sp³-hybridized carbons (Fsp3) is 0.217. The summed E-state index contributed by atoms with van der Waals surface area (Å²) >= 11 is 0. The highest BCUT2D eigenvalue weighted by molar-refractivity contribution is 6.23. The van der Waals surface area contributed by atoms with Crippen LogP contribution in [0.25, 0.3) is 0 Å². The van der Waals surface area contributed by atoms with Crippen LogP contribution in [-0.4, -0.2) is 29.1 Å². The Morgan fingerprint density at radius 3 is 1.59 bits per heavy atom. The van der Waals surface area contributed by atoms with E-state index in [1.807, 2.05) is 24.3 Å². The summed E-state index contributed by atoms with van der Waals surface area (Å²) in [5.74, 6) is -0.873. The maximum atomic E-state index is 13.5. The largest absolute Gasteiger partial charge is 0.480 e. The van der Waals surface area contributed by atoms with Crippen LogP contribution in [-0.2, 0) is 9.59 Å². The summed E-state index contributed by atoms with van der Waals surface area (Å²) in [5, 5.41) is 8.01. The molecule has 2 atom stereocenters. The smallest absolute Gasteiger partial charge is 0.239 e. The average molecular weight is 383 g/mol. The molecular weight excluding hydrogens is 366 g/mol. The van der Waals surface area contributed by atoms with E-state index in [-0.39, 0.29) is 29.5 Å². The first kappa shape index (κ1) is 16.4. The molecule has 6 heteroatoms. The van der Waals surface area contributed by atoms with Crippen LogP contribution in [0.15, 0.2) is 60.7 Å². The fourth-order valence-corrected chi connectivity index (χ4v) is 5.44. The van der Waals surface area contributed by atoms with Gasteiger partial charge >= 0.3 is 0 Å². The molecule has 2 bridgehead atoms. The van der Waals surface area contributed by atoms with Gasteiger partial charge in [-0.05, 0) is 28.3 Å². The minimum absolute atomic E-state index is 0.120. The molecule has 1 aromatic heterocycles.